The second-order valence-corrected chi connectivity index (χ2v) is 1.35. The van der Waals surface area contributed by atoms with E-state index in [9.17, 15) is 0 Å². The molecular weight excluding hydrogens is 122 g/mol. The average molecular weight is 137 g/mol. The summed E-state index contributed by atoms with van der Waals surface area (Å²) in [5.41, 5.74) is 4.78. The molecule has 9 heavy (non-hydrogen) atoms. The first-order valence-electron chi connectivity index (χ1n) is 2.70. The molecule has 0 bridgehead atoms. The minimum absolute atomic E-state index is 0.0972. The molecule has 0 aliphatic carbocycles. The van der Waals surface area contributed by atoms with Crippen LogP contribution in [0.25, 0.3) is 0 Å². The molecule has 0 amide bonds. The molecule has 0 fully saturated rings. The Balaban J connectivity index is 0. The number of ether oxygens (including phenoxy) is 1. The predicted molar refractivity (Wildman–Crippen MR) is 34.8 cm³/mol. The van der Waals surface area contributed by atoms with Gasteiger partial charge in [-0.25, -0.2) is 0 Å². The van der Waals surface area contributed by atoms with Gasteiger partial charge in [0, 0.05) is 13.7 Å². The van der Waals surface area contributed by atoms with Crippen LogP contribution in [0.1, 0.15) is 6.92 Å². The number of aliphatic hydroxyl groups excluding tert-OH is 2. The van der Waals surface area contributed by atoms with Gasteiger partial charge in [-0.05, 0) is 6.92 Å². The Labute approximate surface area is 55.2 Å². The zero-order valence-corrected chi connectivity index (χ0v) is 5.87. The van der Waals surface area contributed by atoms with Crippen molar-refractivity contribution >= 4 is 0 Å². The summed E-state index contributed by atoms with van der Waals surface area (Å²) >= 11 is 0. The Kier molecular flexibility index (Phi) is 13.9. The summed E-state index contributed by atoms with van der Waals surface area (Å²) in [6, 6.07) is 0. The fourth-order valence-corrected chi connectivity index (χ4v) is 0. The molecule has 0 saturated heterocycles. The number of nitrogens with two attached hydrogens (primary N) is 1. The second-order valence-electron chi connectivity index (χ2n) is 1.35. The second kappa shape index (κ2) is 10.8. The van der Waals surface area contributed by atoms with Crippen LogP contribution in [-0.2, 0) is 4.74 Å². The van der Waals surface area contributed by atoms with E-state index in [1.54, 1.807) is 6.92 Å². The standard InChI is InChI=1S/C3H8O2.C2H7NO/c1-3(4)5-2;3-1-2-4/h3-4H,1-2H3;4H,1-3H2. The lowest BCUT2D eigenvalue weighted by Gasteiger charge is -1.94. The molecule has 4 nitrogen and oxygen atoms in total. The molecule has 4 N–H and O–H groups in total. The molecule has 0 heterocycles. The summed E-state index contributed by atoms with van der Waals surface area (Å²) in [4.78, 5) is 0. The lowest BCUT2D eigenvalue weighted by Crippen LogP contribution is -2.02. The van der Waals surface area contributed by atoms with Crippen LogP contribution < -0.4 is 5.73 Å². The van der Waals surface area contributed by atoms with Gasteiger partial charge < -0.3 is 20.7 Å². The molecule has 4 heteroatoms. The largest absolute Gasteiger partial charge is 0.395 e. The van der Waals surface area contributed by atoms with Gasteiger partial charge in [-0.1, -0.05) is 0 Å². The van der Waals surface area contributed by atoms with Crippen molar-refractivity contribution in [1.29, 1.82) is 0 Å². The van der Waals surface area contributed by atoms with Gasteiger partial charge in [0.25, 0.3) is 0 Å². The highest BCUT2D eigenvalue weighted by Gasteiger charge is 1.80. The maximum atomic E-state index is 8.14. The van der Waals surface area contributed by atoms with Gasteiger partial charge in [0.05, 0.1) is 6.61 Å². The van der Waals surface area contributed by atoms with Crippen molar-refractivity contribution in [3.63, 3.8) is 0 Å². The normalized spacial score (nSPS) is 11.7. The van der Waals surface area contributed by atoms with E-state index in [4.69, 9.17) is 15.9 Å². The lowest BCUT2D eigenvalue weighted by molar-refractivity contribution is -0.0583. The van der Waals surface area contributed by atoms with Crippen LogP contribution in [0.4, 0.5) is 0 Å². The number of hydrogen-bond donors (Lipinski definition) is 3. The van der Waals surface area contributed by atoms with E-state index in [-0.39, 0.29) is 6.61 Å². The van der Waals surface area contributed by atoms with Crippen molar-refractivity contribution < 1.29 is 14.9 Å². The third-order valence-electron chi connectivity index (χ3n) is 0.470. The van der Waals surface area contributed by atoms with Crippen LogP contribution in [0.2, 0.25) is 0 Å². The molecule has 0 aromatic heterocycles. The molecule has 0 rings (SSSR count). The quantitative estimate of drug-likeness (QED) is 0.423. The monoisotopic (exact) mass is 137 g/mol. The van der Waals surface area contributed by atoms with Crippen LogP contribution in [-0.4, -0.2) is 36.8 Å². The zero-order chi connectivity index (χ0) is 7.70. The summed E-state index contributed by atoms with van der Waals surface area (Å²) in [5.74, 6) is 0. The Bertz CT molecular complexity index is 39.2. The Morgan fingerprint density at radius 1 is 1.67 bits per heavy atom. The highest BCUT2D eigenvalue weighted by Crippen LogP contribution is 1.72. The van der Waals surface area contributed by atoms with Gasteiger partial charge >= 0.3 is 0 Å². The summed E-state index contributed by atoms with van der Waals surface area (Å²) in [5, 5.41) is 15.9. The van der Waals surface area contributed by atoms with Gasteiger partial charge in [-0.3, -0.25) is 0 Å². The SMILES string of the molecule is COC(C)O.NCCO. The molecule has 0 aliphatic heterocycles. The van der Waals surface area contributed by atoms with Crippen molar-refractivity contribution in [2.45, 2.75) is 13.2 Å². The molecular formula is C5H15NO3. The molecule has 58 valence electrons. The van der Waals surface area contributed by atoms with Crippen LogP contribution in [0.5, 0.6) is 0 Å². The van der Waals surface area contributed by atoms with E-state index < -0.39 is 6.29 Å². The van der Waals surface area contributed by atoms with Crippen molar-refractivity contribution in [2.75, 3.05) is 20.3 Å². The molecule has 1 atom stereocenters. The summed E-state index contributed by atoms with van der Waals surface area (Å²) in [6.45, 7) is 2.03. The van der Waals surface area contributed by atoms with Gasteiger partial charge in [0.1, 0.15) is 0 Å². The average Bonchev–Trinajstić information content (AvgIpc) is 1.89. The molecule has 0 aromatic rings. The lowest BCUT2D eigenvalue weighted by atomic mass is 10.8. The number of methoxy groups -OCH3 is 1. The number of rotatable bonds is 2. The minimum atomic E-state index is -0.616. The molecule has 0 radical (unpaired) electrons. The molecule has 0 saturated carbocycles. The van der Waals surface area contributed by atoms with Gasteiger partial charge in [-0.15, -0.1) is 0 Å². The van der Waals surface area contributed by atoms with Gasteiger partial charge in [0.2, 0.25) is 0 Å². The smallest absolute Gasteiger partial charge is 0.151 e. The zero-order valence-electron chi connectivity index (χ0n) is 5.87. The highest BCUT2D eigenvalue weighted by atomic mass is 16.6. The fourth-order valence-electron chi connectivity index (χ4n) is 0. The molecule has 0 aliphatic rings. The first-order chi connectivity index (χ1) is 4.18. The summed E-state index contributed by atoms with van der Waals surface area (Å²) in [6.07, 6.45) is -0.616. The Morgan fingerprint density at radius 3 is 1.89 bits per heavy atom. The third-order valence-corrected chi connectivity index (χ3v) is 0.470. The van der Waals surface area contributed by atoms with Crippen LogP contribution >= 0.6 is 0 Å². The predicted octanol–water partition coefficient (Wildman–Crippen LogP) is -1.09. The first kappa shape index (κ1) is 11.6. The minimum Gasteiger partial charge on any atom is -0.395 e. The van der Waals surface area contributed by atoms with E-state index in [1.807, 2.05) is 0 Å². The molecule has 0 aromatic carbocycles. The van der Waals surface area contributed by atoms with Crippen LogP contribution in [0.3, 0.4) is 0 Å². The molecule has 1 unspecified atom stereocenters. The Hall–Kier alpha value is -0.160. The van der Waals surface area contributed by atoms with Crippen LogP contribution in [0.15, 0.2) is 0 Å². The van der Waals surface area contributed by atoms with Gasteiger partial charge in [0.15, 0.2) is 6.29 Å². The number of hydrogen-bond acceptors (Lipinski definition) is 4. The van der Waals surface area contributed by atoms with Crippen molar-refractivity contribution in [1.82, 2.24) is 0 Å². The van der Waals surface area contributed by atoms with Crippen molar-refractivity contribution in [2.24, 2.45) is 5.73 Å². The van der Waals surface area contributed by atoms with E-state index in [0.29, 0.717) is 6.54 Å². The van der Waals surface area contributed by atoms with Crippen molar-refractivity contribution in [3.05, 3.63) is 0 Å². The maximum absolute atomic E-state index is 8.14. The van der Waals surface area contributed by atoms with E-state index in [2.05, 4.69) is 4.74 Å². The third kappa shape index (κ3) is 33.2. The first-order valence-corrected chi connectivity index (χ1v) is 2.70. The highest BCUT2D eigenvalue weighted by molar-refractivity contribution is 4.17. The topological polar surface area (TPSA) is 75.7 Å². The van der Waals surface area contributed by atoms with Crippen molar-refractivity contribution in [3.8, 4) is 0 Å². The molecule has 0 spiro atoms. The fraction of sp³-hybridized carbons (Fsp3) is 1.00. The maximum Gasteiger partial charge on any atom is 0.151 e. The van der Waals surface area contributed by atoms with Crippen LogP contribution in [0, 0.1) is 0 Å². The number of aliphatic hydroxyl groups is 2. The van der Waals surface area contributed by atoms with Gasteiger partial charge in [-0.2, -0.15) is 0 Å². The van der Waals surface area contributed by atoms with E-state index >= 15 is 0 Å². The summed E-state index contributed by atoms with van der Waals surface area (Å²) < 4.78 is 4.31. The Morgan fingerprint density at radius 2 is 1.89 bits per heavy atom. The van der Waals surface area contributed by atoms with E-state index in [1.165, 1.54) is 7.11 Å². The van der Waals surface area contributed by atoms with E-state index in [0.717, 1.165) is 0 Å². The summed E-state index contributed by atoms with van der Waals surface area (Å²) in [7, 11) is 1.45.